The molecule has 0 radical (unpaired) electrons. The van der Waals surface area contributed by atoms with E-state index in [1.165, 1.54) is 32.2 Å². The van der Waals surface area contributed by atoms with E-state index in [0.29, 0.717) is 12.2 Å². The second kappa shape index (κ2) is 7.03. The van der Waals surface area contributed by atoms with Crippen LogP contribution >= 0.6 is 0 Å². The van der Waals surface area contributed by atoms with Gasteiger partial charge >= 0.3 is 0 Å². The fraction of sp³-hybridized carbons (Fsp3) is 0.263. The number of carbonyl (C=O) groups is 2. The quantitative estimate of drug-likeness (QED) is 0.867. The molecule has 0 fully saturated rings. The molecule has 1 heterocycles. The van der Waals surface area contributed by atoms with E-state index >= 15 is 0 Å². The molecule has 0 atom stereocenters. The minimum Gasteiger partial charge on any atom is -0.495 e. The minimum atomic E-state index is -3.55. The van der Waals surface area contributed by atoms with Crippen LogP contribution in [0.4, 0.5) is 11.4 Å². The number of fused-ring (bicyclic) bond motifs is 1. The van der Waals surface area contributed by atoms with Crippen molar-refractivity contribution < 1.29 is 22.7 Å². The second-order valence-electron chi connectivity index (χ2n) is 6.36. The van der Waals surface area contributed by atoms with Gasteiger partial charge in [-0.3, -0.25) is 9.59 Å². The molecule has 0 saturated carbocycles. The van der Waals surface area contributed by atoms with Crippen LogP contribution in [0.5, 0.6) is 5.75 Å². The number of ether oxygens (including phenoxy) is 1. The van der Waals surface area contributed by atoms with E-state index in [1.807, 2.05) is 6.07 Å². The van der Waals surface area contributed by atoms with Gasteiger partial charge in [0, 0.05) is 36.7 Å². The molecule has 0 bridgehead atoms. The summed E-state index contributed by atoms with van der Waals surface area (Å²) in [4.78, 5) is 25.9. The first-order chi connectivity index (χ1) is 12.7. The fourth-order valence-corrected chi connectivity index (χ4v) is 3.95. The zero-order chi connectivity index (χ0) is 19.8. The molecule has 1 N–H and O–H groups in total. The summed E-state index contributed by atoms with van der Waals surface area (Å²) in [7, 11) is -2.18. The first-order valence-corrected chi connectivity index (χ1v) is 10.2. The highest BCUT2D eigenvalue weighted by molar-refractivity contribution is 7.90. The van der Waals surface area contributed by atoms with Gasteiger partial charge in [-0.2, -0.15) is 0 Å². The molecule has 0 aliphatic carbocycles. The van der Waals surface area contributed by atoms with Crippen molar-refractivity contribution in [1.82, 2.24) is 0 Å². The van der Waals surface area contributed by atoms with Crippen molar-refractivity contribution in [2.45, 2.75) is 18.2 Å². The van der Waals surface area contributed by atoms with Crippen molar-refractivity contribution in [3.05, 3.63) is 47.5 Å². The Morgan fingerprint density at radius 1 is 1.15 bits per heavy atom. The van der Waals surface area contributed by atoms with E-state index in [9.17, 15) is 18.0 Å². The van der Waals surface area contributed by atoms with Crippen LogP contribution in [0.2, 0.25) is 0 Å². The van der Waals surface area contributed by atoms with Crippen molar-refractivity contribution in [2.24, 2.45) is 0 Å². The summed E-state index contributed by atoms with van der Waals surface area (Å²) >= 11 is 0. The Bertz CT molecular complexity index is 1030. The largest absolute Gasteiger partial charge is 0.495 e. The van der Waals surface area contributed by atoms with Crippen LogP contribution in [-0.4, -0.2) is 40.1 Å². The summed E-state index contributed by atoms with van der Waals surface area (Å²) in [5, 5.41) is 2.75. The molecule has 142 valence electrons. The zero-order valence-corrected chi connectivity index (χ0v) is 16.1. The van der Waals surface area contributed by atoms with Gasteiger partial charge in [0.1, 0.15) is 10.6 Å². The highest BCUT2D eigenvalue weighted by atomic mass is 32.2. The number of sulfone groups is 1. The van der Waals surface area contributed by atoms with Gasteiger partial charge in [-0.15, -0.1) is 0 Å². The molecule has 0 saturated heterocycles. The predicted octanol–water partition coefficient (Wildman–Crippen LogP) is 2.26. The van der Waals surface area contributed by atoms with Gasteiger partial charge in [0.2, 0.25) is 5.91 Å². The lowest BCUT2D eigenvalue weighted by atomic mass is 10.1. The lowest BCUT2D eigenvalue weighted by Crippen LogP contribution is -2.25. The number of methoxy groups -OCH3 is 1. The van der Waals surface area contributed by atoms with Crippen LogP contribution < -0.4 is 15.0 Å². The van der Waals surface area contributed by atoms with Gasteiger partial charge in [0.15, 0.2) is 9.84 Å². The summed E-state index contributed by atoms with van der Waals surface area (Å²) in [5.41, 5.74) is 2.56. The molecule has 0 spiro atoms. The normalized spacial score (nSPS) is 13.2. The van der Waals surface area contributed by atoms with E-state index in [-0.39, 0.29) is 22.1 Å². The third-order valence-corrected chi connectivity index (χ3v) is 5.56. The first-order valence-electron chi connectivity index (χ1n) is 8.31. The Kier molecular flexibility index (Phi) is 4.93. The van der Waals surface area contributed by atoms with Crippen LogP contribution in [0.15, 0.2) is 41.3 Å². The maximum atomic E-state index is 12.6. The molecule has 8 heteroatoms. The number of nitrogens with zero attached hydrogens (tertiary/aromatic N) is 1. The molecule has 27 heavy (non-hydrogen) atoms. The van der Waals surface area contributed by atoms with Gasteiger partial charge in [0.05, 0.1) is 7.11 Å². The highest BCUT2D eigenvalue weighted by Gasteiger charge is 2.23. The molecule has 1 aliphatic rings. The SMILES string of the molecule is COc1ccc(C(=O)Nc2ccc3c(c2)N(C(C)=O)CC3)cc1S(C)(=O)=O. The number of hydrogen-bond acceptors (Lipinski definition) is 5. The highest BCUT2D eigenvalue weighted by Crippen LogP contribution is 2.31. The summed E-state index contributed by atoms with van der Waals surface area (Å²) < 4.78 is 28.9. The van der Waals surface area contributed by atoms with Crippen molar-refractivity contribution >= 4 is 33.0 Å². The van der Waals surface area contributed by atoms with Gasteiger partial charge in [0.25, 0.3) is 5.91 Å². The predicted molar refractivity (Wildman–Crippen MR) is 102 cm³/mol. The van der Waals surface area contributed by atoms with Crippen molar-refractivity contribution in [3.63, 3.8) is 0 Å². The Balaban J connectivity index is 1.89. The molecule has 7 nitrogen and oxygen atoms in total. The molecule has 0 aromatic heterocycles. The topological polar surface area (TPSA) is 92.8 Å². The number of hydrogen-bond donors (Lipinski definition) is 1. The average Bonchev–Trinajstić information content (AvgIpc) is 3.03. The van der Waals surface area contributed by atoms with Crippen LogP contribution in [0, 0.1) is 0 Å². The molecule has 2 aromatic carbocycles. The standard InChI is InChI=1S/C19H20N2O5S/c1-12(22)21-9-8-13-4-6-15(11-16(13)21)20-19(23)14-5-7-17(26-2)18(10-14)27(3,24)25/h4-7,10-11H,8-9H2,1-3H3,(H,20,23). The molecular formula is C19H20N2O5S. The zero-order valence-electron chi connectivity index (χ0n) is 15.3. The van der Waals surface area contributed by atoms with E-state index in [1.54, 1.807) is 17.0 Å². The fourth-order valence-electron chi connectivity index (χ4n) is 3.10. The van der Waals surface area contributed by atoms with Gasteiger partial charge in [-0.1, -0.05) is 6.07 Å². The Labute approximate surface area is 157 Å². The number of nitrogens with one attached hydrogen (secondary N) is 1. The number of benzene rings is 2. The average molecular weight is 388 g/mol. The van der Waals surface area contributed by atoms with E-state index in [4.69, 9.17) is 4.74 Å². The third kappa shape index (κ3) is 3.80. The second-order valence-corrected chi connectivity index (χ2v) is 8.34. The Morgan fingerprint density at radius 3 is 2.52 bits per heavy atom. The van der Waals surface area contributed by atoms with Crippen molar-refractivity contribution in [3.8, 4) is 5.75 Å². The number of carbonyl (C=O) groups excluding carboxylic acids is 2. The van der Waals surface area contributed by atoms with Gasteiger partial charge in [-0.25, -0.2) is 8.42 Å². The summed E-state index contributed by atoms with van der Waals surface area (Å²) in [6, 6.07) is 9.64. The number of anilines is 2. The van der Waals surface area contributed by atoms with Gasteiger partial charge in [-0.05, 0) is 42.3 Å². The van der Waals surface area contributed by atoms with E-state index < -0.39 is 15.7 Å². The van der Waals surface area contributed by atoms with Crippen molar-refractivity contribution in [1.29, 1.82) is 0 Å². The van der Waals surface area contributed by atoms with E-state index in [0.717, 1.165) is 23.9 Å². The molecular weight excluding hydrogens is 368 g/mol. The molecule has 3 rings (SSSR count). The van der Waals surface area contributed by atoms with Crippen LogP contribution in [0.3, 0.4) is 0 Å². The first kappa shape index (κ1) is 18.9. The summed E-state index contributed by atoms with van der Waals surface area (Å²) in [6.45, 7) is 2.13. The lowest BCUT2D eigenvalue weighted by molar-refractivity contribution is -0.116. The summed E-state index contributed by atoms with van der Waals surface area (Å²) in [6.07, 6.45) is 1.84. The van der Waals surface area contributed by atoms with Gasteiger partial charge < -0.3 is 15.0 Å². The van der Waals surface area contributed by atoms with Crippen LogP contribution in [0.25, 0.3) is 0 Å². The number of amides is 2. The smallest absolute Gasteiger partial charge is 0.255 e. The monoisotopic (exact) mass is 388 g/mol. The van der Waals surface area contributed by atoms with Crippen LogP contribution in [0.1, 0.15) is 22.8 Å². The summed E-state index contributed by atoms with van der Waals surface area (Å²) in [5.74, 6) is -0.316. The molecule has 2 aromatic rings. The van der Waals surface area contributed by atoms with Crippen LogP contribution in [-0.2, 0) is 21.1 Å². The van der Waals surface area contributed by atoms with E-state index in [2.05, 4.69) is 5.32 Å². The maximum absolute atomic E-state index is 12.6. The Hall–Kier alpha value is -2.87. The molecule has 0 unspecified atom stereocenters. The van der Waals surface area contributed by atoms with Crippen molar-refractivity contribution in [2.75, 3.05) is 30.1 Å². The Morgan fingerprint density at radius 2 is 1.89 bits per heavy atom. The third-order valence-electron chi connectivity index (χ3n) is 4.44. The maximum Gasteiger partial charge on any atom is 0.255 e. The number of rotatable bonds is 4. The minimum absolute atomic E-state index is 0.0469. The lowest BCUT2D eigenvalue weighted by Gasteiger charge is -2.16. The molecule has 2 amide bonds. The molecule has 1 aliphatic heterocycles.